The van der Waals surface area contributed by atoms with E-state index in [1.807, 2.05) is 11.4 Å². The standard InChI is InChI=1S/C10H11ClN2S2/c1-6(3-12)10-13-8(5-15-10)7-2-9(11)14-4-7/h2,4-6H,3,12H2,1H3. The van der Waals surface area contributed by atoms with Crippen LogP contribution in [0.3, 0.4) is 0 Å². The van der Waals surface area contributed by atoms with Gasteiger partial charge in [0.15, 0.2) is 0 Å². The molecule has 0 fully saturated rings. The Morgan fingerprint density at radius 3 is 2.87 bits per heavy atom. The molecule has 0 aromatic carbocycles. The summed E-state index contributed by atoms with van der Waals surface area (Å²) in [4.78, 5) is 4.55. The zero-order chi connectivity index (χ0) is 10.8. The summed E-state index contributed by atoms with van der Waals surface area (Å²) in [6.07, 6.45) is 0. The summed E-state index contributed by atoms with van der Waals surface area (Å²) in [7, 11) is 0. The van der Waals surface area contributed by atoms with Crippen LogP contribution < -0.4 is 5.73 Å². The highest BCUT2D eigenvalue weighted by Gasteiger charge is 2.10. The number of hydrogen-bond acceptors (Lipinski definition) is 4. The minimum absolute atomic E-state index is 0.331. The van der Waals surface area contributed by atoms with Crippen molar-refractivity contribution < 1.29 is 0 Å². The molecule has 2 aromatic heterocycles. The van der Waals surface area contributed by atoms with Gasteiger partial charge in [0, 0.05) is 28.8 Å². The second-order valence-corrected chi connectivity index (χ2v) is 5.78. The monoisotopic (exact) mass is 258 g/mol. The number of hydrogen-bond donors (Lipinski definition) is 1. The molecule has 0 amide bonds. The van der Waals surface area contributed by atoms with Gasteiger partial charge < -0.3 is 5.73 Å². The third-order valence-electron chi connectivity index (χ3n) is 2.16. The predicted octanol–water partition coefficient (Wildman–Crippen LogP) is 3.59. The molecule has 80 valence electrons. The zero-order valence-electron chi connectivity index (χ0n) is 8.24. The first kappa shape index (κ1) is 11.1. The average molecular weight is 259 g/mol. The van der Waals surface area contributed by atoms with E-state index in [-0.39, 0.29) is 0 Å². The van der Waals surface area contributed by atoms with Crippen molar-refractivity contribution in [2.24, 2.45) is 5.73 Å². The Bertz CT molecular complexity index is 450. The van der Waals surface area contributed by atoms with Gasteiger partial charge in [-0.2, -0.15) is 0 Å². The van der Waals surface area contributed by atoms with Crippen LogP contribution in [0.5, 0.6) is 0 Å². The van der Waals surface area contributed by atoms with Gasteiger partial charge in [-0.3, -0.25) is 0 Å². The lowest BCUT2D eigenvalue weighted by molar-refractivity contribution is 0.767. The molecule has 5 heteroatoms. The number of aromatic nitrogens is 1. The fourth-order valence-electron chi connectivity index (χ4n) is 1.19. The van der Waals surface area contributed by atoms with Crippen LogP contribution in [0, 0.1) is 0 Å². The van der Waals surface area contributed by atoms with E-state index in [4.69, 9.17) is 17.3 Å². The van der Waals surface area contributed by atoms with Gasteiger partial charge in [0.1, 0.15) is 0 Å². The molecule has 15 heavy (non-hydrogen) atoms. The lowest BCUT2D eigenvalue weighted by atomic mass is 10.2. The van der Waals surface area contributed by atoms with Gasteiger partial charge in [-0.1, -0.05) is 18.5 Å². The van der Waals surface area contributed by atoms with Crippen molar-refractivity contribution in [1.82, 2.24) is 4.98 Å². The first-order valence-corrected chi connectivity index (χ1v) is 6.74. The number of halogens is 1. The summed E-state index contributed by atoms with van der Waals surface area (Å²) in [5, 5.41) is 5.17. The van der Waals surface area contributed by atoms with Gasteiger partial charge in [0.2, 0.25) is 0 Å². The van der Waals surface area contributed by atoms with E-state index in [1.165, 1.54) is 11.3 Å². The molecular formula is C10H11ClN2S2. The summed E-state index contributed by atoms with van der Waals surface area (Å²) in [5.74, 6) is 0.331. The van der Waals surface area contributed by atoms with E-state index < -0.39 is 0 Å². The van der Waals surface area contributed by atoms with Crippen LogP contribution in [-0.4, -0.2) is 11.5 Å². The Morgan fingerprint density at radius 2 is 2.27 bits per heavy atom. The molecular weight excluding hydrogens is 248 g/mol. The summed E-state index contributed by atoms with van der Waals surface area (Å²) in [6, 6.07) is 1.94. The van der Waals surface area contributed by atoms with Gasteiger partial charge in [0.25, 0.3) is 0 Å². The molecule has 0 radical (unpaired) electrons. The van der Waals surface area contributed by atoms with Crippen LogP contribution in [0.4, 0.5) is 0 Å². The number of nitrogens with two attached hydrogens (primary N) is 1. The van der Waals surface area contributed by atoms with E-state index in [2.05, 4.69) is 17.3 Å². The number of rotatable bonds is 3. The molecule has 0 saturated heterocycles. The SMILES string of the molecule is CC(CN)c1nc(-c2csc(Cl)c2)cs1. The van der Waals surface area contributed by atoms with Crippen molar-refractivity contribution in [2.75, 3.05) is 6.54 Å². The summed E-state index contributed by atoms with van der Waals surface area (Å²) >= 11 is 9.07. The molecule has 1 unspecified atom stereocenters. The van der Waals surface area contributed by atoms with E-state index in [0.29, 0.717) is 12.5 Å². The van der Waals surface area contributed by atoms with Crippen LogP contribution in [0.25, 0.3) is 11.3 Å². The normalized spacial score (nSPS) is 13.0. The lowest BCUT2D eigenvalue weighted by Gasteiger charge is -2.01. The molecule has 0 aliphatic carbocycles. The summed E-state index contributed by atoms with van der Waals surface area (Å²) in [6.45, 7) is 2.72. The van der Waals surface area contributed by atoms with Crippen LogP contribution in [0.15, 0.2) is 16.8 Å². The van der Waals surface area contributed by atoms with Crippen molar-refractivity contribution in [2.45, 2.75) is 12.8 Å². The lowest BCUT2D eigenvalue weighted by Crippen LogP contribution is -2.08. The first-order valence-electron chi connectivity index (χ1n) is 4.60. The quantitative estimate of drug-likeness (QED) is 0.914. The number of thiazole rings is 1. The maximum absolute atomic E-state index is 5.88. The predicted molar refractivity (Wildman–Crippen MR) is 67.9 cm³/mol. The second-order valence-electron chi connectivity index (χ2n) is 3.35. The highest BCUT2D eigenvalue weighted by molar-refractivity contribution is 7.14. The molecule has 2 N–H and O–H groups in total. The molecule has 0 saturated carbocycles. The first-order chi connectivity index (χ1) is 7.20. The molecule has 0 aliphatic rings. The molecule has 1 atom stereocenters. The Balaban J connectivity index is 2.27. The minimum Gasteiger partial charge on any atom is -0.330 e. The third kappa shape index (κ3) is 2.39. The fourth-order valence-corrected chi connectivity index (χ4v) is 2.97. The molecule has 0 aliphatic heterocycles. The highest BCUT2D eigenvalue weighted by atomic mass is 35.5. The highest BCUT2D eigenvalue weighted by Crippen LogP contribution is 2.31. The van der Waals surface area contributed by atoms with Crippen LogP contribution in [0.1, 0.15) is 17.8 Å². The van der Waals surface area contributed by atoms with Gasteiger partial charge in [-0.15, -0.1) is 22.7 Å². The molecule has 2 rings (SSSR count). The van der Waals surface area contributed by atoms with Crippen molar-refractivity contribution >= 4 is 34.3 Å². The van der Waals surface area contributed by atoms with Crippen molar-refractivity contribution in [1.29, 1.82) is 0 Å². The maximum Gasteiger partial charge on any atom is 0.0973 e. The van der Waals surface area contributed by atoms with Gasteiger partial charge >= 0.3 is 0 Å². The van der Waals surface area contributed by atoms with Crippen LogP contribution in [0.2, 0.25) is 4.34 Å². The maximum atomic E-state index is 5.88. The second kappa shape index (κ2) is 4.61. The molecule has 2 aromatic rings. The van der Waals surface area contributed by atoms with Crippen LogP contribution in [-0.2, 0) is 0 Å². The third-order valence-corrected chi connectivity index (χ3v) is 4.33. The van der Waals surface area contributed by atoms with Gasteiger partial charge in [0.05, 0.1) is 15.0 Å². The molecule has 0 bridgehead atoms. The Kier molecular flexibility index (Phi) is 3.41. The summed E-state index contributed by atoms with van der Waals surface area (Å²) in [5.41, 5.74) is 7.70. The number of nitrogens with zero attached hydrogens (tertiary/aromatic N) is 1. The molecule has 2 heterocycles. The van der Waals surface area contributed by atoms with Gasteiger partial charge in [-0.05, 0) is 6.07 Å². The Morgan fingerprint density at radius 1 is 1.47 bits per heavy atom. The zero-order valence-corrected chi connectivity index (χ0v) is 10.6. The van der Waals surface area contributed by atoms with E-state index in [1.54, 1.807) is 11.3 Å². The average Bonchev–Trinajstić information content (AvgIpc) is 2.84. The van der Waals surface area contributed by atoms with Crippen molar-refractivity contribution in [3.05, 3.63) is 26.2 Å². The molecule has 2 nitrogen and oxygen atoms in total. The van der Waals surface area contributed by atoms with E-state index >= 15 is 0 Å². The van der Waals surface area contributed by atoms with E-state index in [9.17, 15) is 0 Å². The van der Waals surface area contributed by atoms with E-state index in [0.717, 1.165) is 20.6 Å². The summed E-state index contributed by atoms with van der Waals surface area (Å²) < 4.78 is 0.798. The van der Waals surface area contributed by atoms with Gasteiger partial charge in [-0.25, -0.2) is 4.98 Å². The van der Waals surface area contributed by atoms with Crippen molar-refractivity contribution in [3.63, 3.8) is 0 Å². The van der Waals surface area contributed by atoms with Crippen LogP contribution >= 0.6 is 34.3 Å². The van der Waals surface area contributed by atoms with Crippen molar-refractivity contribution in [3.8, 4) is 11.3 Å². The minimum atomic E-state index is 0.331. The Labute approximate surface area is 102 Å². The Hall–Kier alpha value is -0.420. The number of thiophene rings is 1. The molecule has 0 spiro atoms. The fraction of sp³-hybridized carbons (Fsp3) is 0.300. The topological polar surface area (TPSA) is 38.9 Å². The smallest absolute Gasteiger partial charge is 0.0973 e. The largest absolute Gasteiger partial charge is 0.330 e.